The summed E-state index contributed by atoms with van der Waals surface area (Å²) in [5, 5.41) is 14.1. The summed E-state index contributed by atoms with van der Waals surface area (Å²) in [6.45, 7) is 1.83. The molecule has 2 aromatic rings. The molecule has 0 spiro atoms. The molecule has 2 amide bonds. The SMILES string of the molecule is CN(CC(=O)Nc1ccccc1)C(=O)c1cn(C2CCNCC2)nn1.Cl. The van der Waals surface area contributed by atoms with E-state index >= 15 is 0 Å². The van der Waals surface area contributed by atoms with Crippen molar-refractivity contribution in [3.05, 3.63) is 42.2 Å². The molecule has 0 aliphatic carbocycles. The molecule has 1 saturated heterocycles. The summed E-state index contributed by atoms with van der Waals surface area (Å²) < 4.78 is 1.76. The second-order valence-electron chi connectivity index (χ2n) is 6.14. The summed E-state index contributed by atoms with van der Waals surface area (Å²) in [5.74, 6) is -0.573. The van der Waals surface area contributed by atoms with Crippen LogP contribution in [0, 0.1) is 0 Å². The van der Waals surface area contributed by atoms with Crippen LogP contribution in [-0.2, 0) is 4.79 Å². The minimum atomic E-state index is -0.316. The van der Waals surface area contributed by atoms with Gasteiger partial charge >= 0.3 is 0 Å². The first-order valence-corrected chi connectivity index (χ1v) is 8.36. The zero-order valence-corrected chi connectivity index (χ0v) is 15.4. The maximum Gasteiger partial charge on any atom is 0.276 e. The molecular weight excluding hydrogens is 356 g/mol. The fourth-order valence-corrected chi connectivity index (χ4v) is 2.83. The van der Waals surface area contributed by atoms with E-state index in [0.717, 1.165) is 25.9 Å². The third kappa shape index (κ3) is 5.03. The molecule has 3 rings (SSSR count). The maximum absolute atomic E-state index is 12.4. The van der Waals surface area contributed by atoms with E-state index in [1.807, 2.05) is 18.2 Å². The minimum Gasteiger partial charge on any atom is -0.331 e. The number of amides is 2. The zero-order chi connectivity index (χ0) is 17.6. The Hall–Kier alpha value is -2.45. The summed E-state index contributed by atoms with van der Waals surface area (Å²) >= 11 is 0. The molecule has 1 aromatic heterocycles. The Kier molecular flexibility index (Phi) is 7.11. The highest BCUT2D eigenvalue weighted by Gasteiger charge is 2.21. The second-order valence-corrected chi connectivity index (χ2v) is 6.14. The molecule has 2 heterocycles. The number of para-hydroxylation sites is 1. The van der Waals surface area contributed by atoms with E-state index in [9.17, 15) is 9.59 Å². The monoisotopic (exact) mass is 378 g/mol. The topological polar surface area (TPSA) is 92.2 Å². The first-order chi connectivity index (χ1) is 12.1. The van der Waals surface area contributed by atoms with Crippen molar-refractivity contribution in [2.24, 2.45) is 0 Å². The number of hydrogen-bond donors (Lipinski definition) is 2. The standard InChI is InChI=1S/C17H22N6O2.ClH/c1-22(12-16(24)19-13-5-3-2-4-6-13)17(25)15-11-23(21-20-15)14-7-9-18-10-8-14;/h2-6,11,14,18H,7-10,12H2,1H3,(H,19,24);1H. The van der Waals surface area contributed by atoms with Crippen LogP contribution in [0.5, 0.6) is 0 Å². The van der Waals surface area contributed by atoms with Gasteiger partial charge in [-0.2, -0.15) is 0 Å². The summed E-state index contributed by atoms with van der Waals surface area (Å²) in [5.41, 5.74) is 0.957. The Morgan fingerprint density at radius 1 is 1.27 bits per heavy atom. The molecule has 1 aromatic carbocycles. The van der Waals surface area contributed by atoms with Gasteiger partial charge in [0.2, 0.25) is 5.91 Å². The fraction of sp³-hybridized carbons (Fsp3) is 0.412. The largest absolute Gasteiger partial charge is 0.331 e. The van der Waals surface area contributed by atoms with E-state index in [1.54, 1.807) is 30.1 Å². The minimum absolute atomic E-state index is 0. The van der Waals surface area contributed by atoms with Crippen molar-refractivity contribution in [1.29, 1.82) is 0 Å². The summed E-state index contributed by atoms with van der Waals surface area (Å²) in [6, 6.07) is 9.40. The van der Waals surface area contributed by atoms with Crippen molar-refractivity contribution in [1.82, 2.24) is 25.2 Å². The van der Waals surface area contributed by atoms with E-state index in [1.165, 1.54) is 4.90 Å². The number of halogens is 1. The van der Waals surface area contributed by atoms with Gasteiger partial charge in [-0.1, -0.05) is 23.4 Å². The number of hydrogen-bond acceptors (Lipinski definition) is 5. The Morgan fingerprint density at radius 2 is 1.96 bits per heavy atom. The van der Waals surface area contributed by atoms with Gasteiger partial charge in [0.15, 0.2) is 5.69 Å². The molecular formula is C17H23ClN6O2. The summed E-state index contributed by atoms with van der Waals surface area (Å²) in [4.78, 5) is 25.8. The summed E-state index contributed by atoms with van der Waals surface area (Å²) in [6.07, 6.45) is 3.60. The molecule has 9 heteroatoms. The lowest BCUT2D eigenvalue weighted by Gasteiger charge is -2.22. The number of carbonyl (C=O) groups is 2. The predicted molar refractivity (Wildman–Crippen MR) is 100 cm³/mol. The van der Waals surface area contributed by atoms with Gasteiger partial charge in [-0.15, -0.1) is 17.5 Å². The van der Waals surface area contributed by atoms with Crippen LogP contribution in [0.15, 0.2) is 36.5 Å². The number of anilines is 1. The van der Waals surface area contributed by atoms with Crippen molar-refractivity contribution < 1.29 is 9.59 Å². The van der Waals surface area contributed by atoms with Gasteiger partial charge in [0, 0.05) is 12.7 Å². The van der Waals surface area contributed by atoms with Crippen LogP contribution in [0.3, 0.4) is 0 Å². The second kappa shape index (κ2) is 9.30. The molecule has 26 heavy (non-hydrogen) atoms. The number of rotatable bonds is 5. The number of benzene rings is 1. The Labute approximate surface area is 158 Å². The number of aromatic nitrogens is 3. The average molecular weight is 379 g/mol. The Bertz CT molecular complexity index is 730. The molecule has 0 bridgehead atoms. The van der Waals surface area contributed by atoms with E-state index in [2.05, 4.69) is 20.9 Å². The number of nitrogens with zero attached hydrogens (tertiary/aromatic N) is 4. The molecule has 0 radical (unpaired) electrons. The number of carbonyl (C=O) groups excluding carboxylic acids is 2. The lowest BCUT2D eigenvalue weighted by atomic mass is 10.1. The van der Waals surface area contributed by atoms with Gasteiger partial charge in [-0.05, 0) is 38.1 Å². The molecule has 1 fully saturated rings. The van der Waals surface area contributed by atoms with Crippen molar-refractivity contribution in [3.63, 3.8) is 0 Å². The highest BCUT2D eigenvalue weighted by atomic mass is 35.5. The molecule has 0 saturated carbocycles. The van der Waals surface area contributed by atoms with E-state index in [0.29, 0.717) is 5.69 Å². The van der Waals surface area contributed by atoms with E-state index in [4.69, 9.17) is 0 Å². The molecule has 2 N–H and O–H groups in total. The van der Waals surface area contributed by atoms with Crippen LogP contribution in [0.25, 0.3) is 0 Å². The first-order valence-electron chi connectivity index (χ1n) is 8.36. The molecule has 1 aliphatic rings. The lowest BCUT2D eigenvalue weighted by Crippen LogP contribution is -2.35. The van der Waals surface area contributed by atoms with Crippen LogP contribution >= 0.6 is 12.4 Å². The van der Waals surface area contributed by atoms with Crippen molar-refractivity contribution in [2.75, 3.05) is 32.0 Å². The number of nitrogens with one attached hydrogen (secondary N) is 2. The maximum atomic E-state index is 12.4. The third-order valence-corrected chi connectivity index (χ3v) is 4.20. The first kappa shape index (κ1) is 19.9. The normalized spacial score (nSPS) is 14.3. The van der Waals surface area contributed by atoms with Gasteiger partial charge < -0.3 is 15.5 Å². The molecule has 0 unspecified atom stereocenters. The van der Waals surface area contributed by atoms with Crippen molar-refractivity contribution in [2.45, 2.75) is 18.9 Å². The van der Waals surface area contributed by atoms with Crippen LogP contribution in [0.4, 0.5) is 5.69 Å². The van der Waals surface area contributed by atoms with Crippen LogP contribution in [-0.4, -0.2) is 58.4 Å². The highest BCUT2D eigenvalue weighted by molar-refractivity contribution is 5.98. The zero-order valence-electron chi connectivity index (χ0n) is 14.6. The number of likely N-dealkylation sites (N-methyl/N-ethyl adjacent to an activating group) is 1. The quantitative estimate of drug-likeness (QED) is 0.819. The van der Waals surface area contributed by atoms with E-state index in [-0.39, 0.29) is 42.5 Å². The molecule has 8 nitrogen and oxygen atoms in total. The van der Waals surface area contributed by atoms with Gasteiger partial charge in [-0.25, -0.2) is 4.68 Å². The molecule has 1 aliphatic heterocycles. The van der Waals surface area contributed by atoms with Gasteiger partial charge in [0.1, 0.15) is 0 Å². The highest BCUT2D eigenvalue weighted by Crippen LogP contribution is 2.17. The van der Waals surface area contributed by atoms with Gasteiger partial charge in [0.05, 0.1) is 18.8 Å². The predicted octanol–water partition coefficient (Wildman–Crippen LogP) is 1.34. The van der Waals surface area contributed by atoms with Gasteiger partial charge in [0.25, 0.3) is 5.91 Å². The Morgan fingerprint density at radius 3 is 2.65 bits per heavy atom. The Balaban J connectivity index is 0.00000243. The van der Waals surface area contributed by atoms with Crippen molar-refractivity contribution >= 4 is 29.9 Å². The van der Waals surface area contributed by atoms with E-state index < -0.39 is 0 Å². The third-order valence-electron chi connectivity index (χ3n) is 4.20. The molecule has 140 valence electrons. The average Bonchev–Trinajstić information content (AvgIpc) is 3.12. The fourth-order valence-electron chi connectivity index (χ4n) is 2.83. The smallest absolute Gasteiger partial charge is 0.276 e. The van der Waals surface area contributed by atoms with Crippen LogP contribution in [0.2, 0.25) is 0 Å². The van der Waals surface area contributed by atoms with Crippen LogP contribution in [0.1, 0.15) is 29.4 Å². The van der Waals surface area contributed by atoms with Crippen LogP contribution < -0.4 is 10.6 Å². The number of piperidine rings is 1. The summed E-state index contributed by atoms with van der Waals surface area (Å²) in [7, 11) is 1.58. The van der Waals surface area contributed by atoms with Gasteiger partial charge in [-0.3, -0.25) is 9.59 Å². The molecule has 0 atom stereocenters. The lowest BCUT2D eigenvalue weighted by molar-refractivity contribution is -0.116. The van der Waals surface area contributed by atoms with Crippen molar-refractivity contribution in [3.8, 4) is 0 Å².